The van der Waals surface area contributed by atoms with E-state index >= 15 is 0 Å². The number of carbonyl (C=O) groups is 1. The van der Waals surface area contributed by atoms with Gasteiger partial charge in [0.2, 0.25) is 0 Å². The number of nitrogens with one attached hydrogen (secondary N) is 1. The highest BCUT2D eigenvalue weighted by molar-refractivity contribution is 5.68. The van der Waals surface area contributed by atoms with Gasteiger partial charge in [-0.15, -0.1) is 0 Å². The van der Waals surface area contributed by atoms with Gasteiger partial charge < -0.3 is 4.84 Å². The topological polar surface area (TPSA) is 47.6 Å². The van der Waals surface area contributed by atoms with E-state index in [2.05, 4.69) is 5.64 Å². The molecule has 0 radical (unpaired) electrons. The van der Waals surface area contributed by atoms with Crippen LogP contribution in [0.5, 0.6) is 0 Å². The third kappa shape index (κ3) is 6.21. The van der Waals surface area contributed by atoms with Crippen LogP contribution >= 0.6 is 0 Å². The molecule has 1 N–H and O–H groups in total. The highest BCUT2D eigenvalue weighted by Crippen LogP contribution is 2.05. The first-order chi connectivity index (χ1) is 10.3. The highest BCUT2D eigenvalue weighted by atomic mass is 16.9. The Morgan fingerprint density at radius 2 is 1.52 bits per heavy atom. The van der Waals surface area contributed by atoms with Gasteiger partial charge in [-0.25, -0.2) is 0 Å². The van der Waals surface area contributed by atoms with Crippen LogP contribution < -0.4 is 5.64 Å². The van der Waals surface area contributed by atoms with E-state index in [0.717, 1.165) is 18.4 Å². The van der Waals surface area contributed by atoms with Gasteiger partial charge >= 0.3 is 5.97 Å². The minimum Gasteiger partial charge on any atom is -0.345 e. The predicted octanol–water partition coefficient (Wildman–Crippen LogP) is 3.19. The smallest absolute Gasteiger partial charge is 0.327 e. The maximum Gasteiger partial charge on any atom is 0.327 e. The summed E-state index contributed by atoms with van der Waals surface area (Å²) < 4.78 is 0. The molecule has 0 amide bonds. The molecule has 0 heterocycles. The van der Waals surface area contributed by atoms with Gasteiger partial charge in [0.25, 0.3) is 0 Å². The second kappa shape index (κ2) is 8.89. The summed E-state index contributed by atoms with van der Waals surface area (Å²) >= 11 is 0. The van der Waals surface area contributed by atoms with Gasteiger partial charge in [-0.2, -0.15) is 0 Å². The van der Waals surface area contributed by atoms with Gasteiger partial charge in [-0.1, -0.05) is 60.7 Å². The van der Waals surface area contributed by atoms with Crippen LogP contribution in [0.4, 0.5) is 0 Å². The molecule has 0 atom stereocenters. The van der Waals surface area contributed by atoms with Crippen LogP contribution in [-0.2, 0) is 27.5 Å². The fraction of sp³-hybridized carbons (Fsp3) is 0.235. The Hall–Kier alpha value is -2.17. The lowest BCUT2D eigenvalue weighted by Crippen LogP contribution is -2.20. The maximum absolute atomic E-state index is 11.5. The molecular formula is C17H19NO3. The molecular weight excluding hydrogens is 266 g/mol. The molecule has 2 rings (SSSR count). The molecule has 0 aromatic heterocycles. The Labute approximate surface area is 124 Å². The van der Waals surface area contributed by atoms with E-state index in [0.29, 0.717) is 13.0 Å². The van der Waals surface area contributed by atoms with E-state index in [-0.39, 0.29) is 5.97 Å². The fourth-order valence-electron chi connectivity index (χ4n) is 1.90. The molecule has 0 fully saturated rings. The predicted molar refractivity (Wildman–Crippen MR) is 79.8 cm³/mol. The molecule has 2 aromatic rings. The van der Waals surface area contributed by atoms with Crippen LogP contribution in [0.3, 0.4) is 0 Å². The van der Waals surface area contributed by atoms with Crippen molar-refractivity contribution >= 4 is 5.97 Å². The summed E-state index contributed by atoms with van der Waals surface area (Å²) in [4.78, 5) is 21.3. The first-order valence-corrected chi connectivity index (χ1v) is 6.99. The molecule has 0 spiro atoms. The fourth-order valence-corrected chi connectivity index (χ4v) is 1.90. The van der Waals surface area contributed by atoms with Crippen molar-refractivity contribution in [1.82, 2.24) is 5.64 Å². The van der Waals surface area contributed by atoms with Crippen molar-refractivity contribution in [3.63, 3.8) is 0 Å². The zero-order valence-electron chi connectivity index (χ0n) is 11.8. The van der Waals surface area contributed by atoms with E-state index in [1.54, 1.807) is 0 Å². The van der Waals surface area contributed by atoms with Gasteiger partial charge in [0, 0.05) is 6.42 Å². The van der Waals surface area contributed by atoms with Crippen molar-refractivity contribution in [2.75, 3.05) is 0 Å². The standard InChI is InChI=1S/C17H19NO3/c19-17(13-7-12-15-8-3-1-4-9-15)21-18-20-14-16-10-5-2-6-11-16/h1-6,8-11,18H,7,12-14H2. The van der Waals surface area contributed by atoms with Crippen molar-refractivity contribution in [2.24, 2.45) is 0 Å². The van der Waals surface area contributed by atoms with Gasteiger partial charge in [-0.05, 0) is 29.6 Å². The van der Waals surface area contributed by atoms with Crippen LogP contribution in [0.15, 0.2) is 60.7 Å². The lowest BCUT2D eigenvalue weighted by atomic mass is 10.1. The molecule has 0 aliphatic heterocycles. The molecule has 0 saturated carbocycles. The normalized spacial score (nSPS) is 10.3. The number of aryl methyl sites for hydroxylation is 1. The number of rotatable bonds is 8. The number of benzene rings is 2. The summed E-state index contributed by atoms with van der Waals surface area (Å²) in [6.07, 6.45) is 1.97. The van der Waals surface area contributed by atoms with Crippen molar-refractivity contribution in [2.45, 2.75) is 25.9 Å². The summed E-state index contributed by atoms with van der Waals surface area (Å²) in [6, 6.07) is 19.7. The van der Waals surface area contributed by atoms with Gasteiger partial charge in [0.15, 0.2) is 0 Å². The molecule has 0 aliphatic carbocycles. The lowest BCUT2D eigenvalue weighted by molar-refractivity contribution is -0.195. The molecule has 2 aromatic carbocycles. The largest absolute Gasteiger partial charge is 0.345 e. The maximum atomic E-state index is 11.5. The van der Waals surface area contributed by atoms with Crippen LogP contribution in [0, 0.1) is 0 Å². The van der Waals surface area contributed by atoms with E-state index in [1.165, 1.54) is 5.56 Å². The number of hydrogen-bond donors (Lipinski definition) is 1. The van der Waals surface area contributed by atoms with E-state index in [4.69, 9.17) is 9.68 Å². The number of carbonyl (C=O) groups excluding carboxylic acids is 1. The quantitative estimate of drug-likeness (QED) is 0.598. The SMILES string of the molecule is O=C(CCCc1ccccc1)ONOCc1ccccc1. The average Bonchev–Trinajstić information content (AvgIpc) is 2.54. The molecule has 0 bridgehead atoms. The molecule has 21 heavy (non-hydrogen) atoms. The first-order valence-electron chi connectivity index (χ1n) is 6.99. The Morgan fingerprint density at radius 1 is 0.905 bits per heavy atom. The Bertz CT molecular complexity index is 528. The minimum atomic E-state index is -0.320. The van der Waals surface area contributed by atoms with Gasteiger partial charge in [0.05, 0.1) is 6.61 Å². The molecule has 0 unspecified atom stereocenters. The second-order valence-electron chi connectivity index (χ2n) is 4.67. The second-order valence-corrected chi connectivity index (χ2v) is 4.67. The highest BCUT2D eigenvalue weighted by Gasteiger charge is 2.03. The third-order valence-corrected chi connectivity index (χ3v) is 2.99. The Morgan fingerprint density at radius 3 is 2.19 bits per heavy atom. The van der Waals surface area contributed by atoms with Gasteiger partial charge in [-0.3, -0.25) is 9.63 Å². The Kier molecular flexibility index (Phi) is 6.45. The summed E-state index contributed by atoms with van der Waals surface area (Å²) in [5.41, 5.74) is 4.46. The lowest BCUT2D eigenvalue weighted by Gasteiger charge is -2.06. The summed E-state index contributed by atoms with van der Waals surface area (Å²) in [6.45, 7) is 0.345. The molecule has 4 heteroatoms. The van der Waals surface area contributed by atoms with Crippen molar-refractivity contribution < 1.29 is 14.5 Å². The van der Waals surface area contributed by atoms with E-state index in [1.807, 2.05) is 60.7 Å². The first kappa shape index (κ1) is 15.2. The van der Waals surface area contributed by atoms with Crippen LogP contribution in [0.25, 0.3) is 0 Å². The summed E-state index contributed by atoms with van der Waals surface area (Å²) in [5.74, 6) is -0.320. The van der Waals surface area contributed by atoms with Crippen molar-refractivity contribution in [3.05, 3.63) is 71.8 Å². The monoisotopic (exact) mass is 285 g/mol. The average molecular weight is 285 g/mol. The van der Waals surface area contributed by atoms with Crippen LogP contribution in [-0.4, -0.2) is 5.97 Å². The van der Waals surface area contributed by atoms with Gasteiger partial charge in [0.1, 0.15) is 0 Å². The zero-order valence-corrected chi connectivity index (χ0v) is 11.8. The molecule has 110 valence electrons. The van der Waals surface area contributed by atoms with E-state index < -0.39 is 0 Å². The summed E-state index contributed by atoms with van der Waals surface area (Å²) in [5, 5.41) is 0. The van der Waals surface area contributed by atoms with Crippen LogP contribution in [0.2, 0.25) is 0 Å². The molecule has 0 aliphatic rings. The minimum absolute atomic E-state index is 0.320. The third-order valence-electron chi connectivity index (χ3n) is 2.99. The summed E-state index contributed by atoms with van der Waals surface area (Å²) in [7, 11) is 0. The zero-order chi connectivity index (χ0) is 14.8. The van der Waals surface area contributed by atoms with E-state index in [9.17, 15) is 4.79 Å². The van der Waals surface area contributed by atoms with Crippen molar-refractivity contribution in [3.8, 4) is 0 Å². The van der Waals surface area contributed by atoms with Crippen LogP contribution in [0.1, 0.15) is 24.0 Å². The van der Waals surface area contributed by atoms with Crippen molar-refractivity contribution in [1.29, 1.82) is 0 Å². The molecule has 0 saturated heterocycles. The number of hydrogen-bond acceptors (Lipinski definition) is 4. The Balaban J connectivity index is 1.54. The molecule has 4 nitrogen and oxygen atoms in total.